The molecule has 0 radical (unpaired) electrons. The Labute approximate surface area is 169 Å². The van der Waals surface area contributed by atoms with E-state index in [4.69, 9.17) is 9.15 Å². The maximum Gasteiger partial charge on any atom is 0.336 e. The molecule has 0 amide bonds. The Hall–Kier alpha value is -3.21. The molecule has 0 aliphatic carbocycles. The molecule has 29 heavy (non-hydrogen) atoms. The lowest BCUT2D eigenvalue weighted by molar-refractivity contribution is -0.144. The molecule has 1 aromatic heterocycles. The van der Waals surface area contributed by atoms with E-state index >= 15 is 0 Å². The van der Waals surface area contributed by atoms with E-state index < -0.39 is 11.6 Å². The fourth-order valence-electron chi connectivity index (χ4n) is 3.22. The first-order chi connectivity index (χ1) is 13.7. The van der Waals surface area contributed by atoms with Gasteiger partial charge in [0.2, 0.25) is 0 Å². The molecule has 0 atom stereocenters. The van der Waals surface area contributed by atoms with Gasteiger partial charge >= 0.3 is 11.6 Å². The molecule has 0 spiro atoms. The van der Waals surface area contributed by atoms with E-state index in [1.54, 1.807) is 6.07 Å². The predicted molar refractivity (Wildman–Crippen MR) is 111 cm³/mol. The minimum absolute atomic E-state index is 0.0102. The first kappa shape index (κ1) is 20.5. The number of carbonyl (C=O) groups is 2. The first-order valence-corrected chi connectivity index (χ1v) is 9.54. The predicted octanol–water partition coefficient (Wildman–Crippen LogP) is 4.73. The molecule has 0 aliphatic rings. The molecule has 0 aliphatic heterocycles. The third-order valence-corrected chi connectivity index (χ3v) is 5.08. The molecule has 0 bridgehead atoms. The normalized spacial score (nSPS) is 10.9. The third-order valence-electron chi connectivity index (χ3n) is 5.08. The van der Waals surface area contributed by atoms with Crippen molar-refractivity contribution in [1.29, 1.82) is 0 Å². The second-order valence-corrected chi connectivity index (χ2v) is 7.43. The molecule has 2 aromatic carbocycles. The summed E-state index contributed by atoms with van der Waals surface area (Å²) in [6.07, 6.45) is 0.0723. The summed E-state index contributed by atoms with van der Waals surface area (Å²) in [5.74, 6) is -0.561. The summed E-state index contributed by atoms with van der Waals surface area (Å²) in [4.78, 5) is 36.4. The Kier molecular flexibility index (Phi) is 5.97. The number of fused-ring (bicyclic) bond motifs is 1. The molecule has 0 saturated carbocycles. The number of ether oxygens (including phenoxy) is 1. The number of hydrogen-bond acceptors (Lipinski definition) is 5. The van der Waals surface area contributed by atoms with E-state index in [9.17, 15) is 14.4 Å². The van der Waals surface area contributed by atoms with Gasteiger partial charge < -0.3 is 9.15 Å². The van der Waals surface area contributed by atoms with Crippen LogP contribution in [0.1, 0.15) is 51.0 Å². The van der Waals surface area contributed by atoms with Crippen molar-refractivity contribution in [3.05, 3.63) is 80.2 Å². The number of hydrogen-bond donors (Lipinski definition) is 0. The summed E-state index contributed by atoms with van der Waals surface area (Å²) >= 11 is 0. The monoisotopic (exact) mass is 392 g/mol. The summed E-state index contributed by atoms with van der Waals surface area (Å²) in [7, 11) is 0. The minimum Gasteiger partial charge on any atom is -0.461 e. The Bertz CT molecular complexity index is 1150. The first-order valence-electron chi connectivity index (χ1n) is 9.54. The van der Waals surface area contributed by atoms with Gasteiger partial charge in [-0.3, -0.25) is 9.59 Å². The van der Waals surface area contributed by atoms with E-state index in [1.165, 1.54) is 6.07 Å². The summed E-state index contributed by atoms with van der Waals surface area (Å²) in [6.45, 7) is 7.67. The molecule has 0 saturated heterocycles. The van der Waals surface area contributed by atoms with Crippen molar-refractivity contribution >= 4 is 22.7 Å². The molecule has 0 unspecified atom stereocenters. The van der Waals surface area contributed by atoms with Crippen LogP contribution in [0.3, 0.4) is 0 Å². The van der Waals surface area contributed by atoms with Crippen LogP contribution in [0.5, 0.6) is 0 Å². The maximum absolute atomic E-state index is 12.4. The van der Waals surface area contributed by atoms with Gasteiger partial charge in [0.15, 0.2) is 5.78 Å². The lowest BCUT2D eigenvalue weighted by Crippen LogP contribution is -2.10. The SMILES string of the molecule is Cc1ccc(C)c(C(=O)CCC(=O)OCc2cc(=O)oc3cc(C)c(C)cc23)c1. The summed E-state index contributed by atoms with van der Waals surface area (Å²) < 4.78 is 10.6. The van der Waals surface area contributed by atoms with E-state index in [0.29, 0.717) is 16.7 Å². The smallest absolute Gasteiger partial charge is 0.336 e. The van der Waals surface area contributed by atoms with Crippen LogP contribution in [0.4, 0.5) is 0 Å². The van der Waals surface area contributed by atoms with Gasteiger partial charge in [-0.05, 0) is 62.6 Å². The highest BCUT2D eigenvalue weighted by Crippen LogP contribution is 2.22. The van der Waals surface area contributed by atoms with E-state index in [2.05, 4.69) is 0 Å². The molecule has 150 valence electrons. The van der Waals surface area contributed by atoms with Gasteiger partial charge in [0.25, 0.3) is 0 Å². The summed E-state index contributed by atoms with van der Waals surface area (Å²) in [5.41, 5.74) is 5.17. The fraction of sp³-hybridized carbons (Fsp3) is 0.292. The van der Waals surface area contributed by atoms with Gasteiger partial charge in [0.05, 0.1) is 6.42 Å². The Balaban J connectivity index is 1.67. The number of ketones is 1. The molecule has 1 heterocycles. The van der Waals surface area contributed by atoms with Gasteiger partial charge in [-0.1, -0.05) is 17.7 Å². The average Bonchev–Trinajstić information content (AvgIpc) is 2.67. The average molecular weight is 392 g/mol. The number of carbonyl (C=O) groups excluding carboxylic acids is 2. The molecule has 5 heteroatoms. The second-order valence-electron chi connectivity index (χ2n) is 7.43. The number of aryl methyl sites for hydroxylation is 4. The number of Topliss-reactive ketones (excluding diaryl/α,β-unsaturated/α-hetero) is 1. The van der Waals surface area contributed by atoms with E-state index in [0.717, 1.165) is 27.6 Å². The van der Waals surface area contributed by atoms with Crippen LogP contribution < -0.4 is 5.63 Å². The van der Waals surface area contributed by atoms with Crippen LogP contribution in [-0.2, 0) is 16.1 Å². The third kappa shape index (κ3) is 4.80. The lowest BCUT2D eigenvalue weighted by atomic mass is 9.99. The molecule has 3 rings (SSSR count). The molecular formula is C24H24O5. The quantitative estimate of drug-likeness (QED) is 0.344. The summed E-state index contributed by atoms with van der Waals surface area (Å²) in [5, 5.41) is 0.743. The standard InChI is InChI=1S/C24H24O5/c1-14-5-6-15(2)19(9-14)21(25)7-8-23(26)28-13-18-12-24(27)29-22-11-17(4)16(3)10-20(18)22/h5-6,9-12H,7-8,13H2,1-4H3. The Morgan fingerprint density at radius 3 is 2.38 bits per heavy atom. The van der Waals surface area contributed by atoms with Crippen LogP contribution in [0.15, 0.2) is 45.6 Å². The lowest BCUT2D eigenvalue weighted by Gasteiger charge is -2.09. The van der Waals surface area contributed by atoms with Crippen molar-refractivity contribution in [1.82, 2.24) is 0 Å². The molecule has 5 nitrogen and oxygen atoms in total. The van der Waals surface area contributed by atoms with Crippen LogP contribution >= 0.6 is 0 Å². The van der Waals surface area contributed by atoms with Crippen molar-refractivity contribution in [2.45, 2.75) is 47.1 Å². The zero-order valence-electron chi connectivity index (χ0n) is 17.1. The van der Waals surface area contributed by atoms with Crippen molar-refractivity contribution in [3.8, 4) is 0 Å². The molecule has 3 aromatic rings. The molecule has 0 N–H and O–H groups in total. The molecular weight excluding hydrogens is 368 g/mol. The highest BCUT2D eigenvalue weighted by atomic mass is 16.5. The maximum atomic E-state index is 12.4. The topological polar surface area (TPSA) is 73.6 Å². The zero-order chi connectivity index (χ0) is 21.1. The Morgan fingerprint density at radius 1 is 0.897 bits per heavy atom. The van der Waals surface area contributed by atoms with Crippen molar-refractivity contribution in [3.63, 3.8) is 0 Å². The van der Waals surface area contributed by atoms with Crippen molar-refractivity contribution in [2.75, 3.05) is 0 Å². The van der Waals surface area contributed by atoms with Crippen LogP contribution in [0, 0.1) is 27.7 Å². The van der Waals surface area contributed by atoms with Gasteiger partial charge in [-0.15, -0.1) is 0 Å². The highest BCUT2D eigenvalue weighted by molar-refractivity contribution is 5.99. The zero-order valence-corrected chi connectivity index (χ0v) is 17.1. The summed E-state index contributed by atoms with van der Waals surface area (Å²) in [6, 6.07) is 10.7. The molecule has 0 fully saturated rings. The van der Waals surface area contributed by atoms with Gasteiger partial charge in [0, 0.05) is 29.0 Å². The van der Waals surface area contributed by atoms with Crippen LogP contribution in [0.25, 0.3) is 11.0 Å². The van der Waals surface area contributed by atoms with Crippen LogP contribution in [-0.4, -0.2) is 11.8 Å². The number of esters is 1. The van der Waals surface area contributed by atoms with E-state index in [1.807, 2.05) is 52.0 Å². The van der Waals surface area contributed by atoms with Gasteiger partial charge in [-0.25, -0.2) is 4.79 Å². The number of rotatable bonds is 6. The van der Waals surface area contributed by atoms with Gasteiger partial charge in [-0.2, -0.15) is 0 Å². The number of benzene rings is 2. The second kappa shape index (κ2) is 8.43. The van der Waals surface area contributed by atoms with Crippen molar-refractivity contribution in [2.24, 2.45) is 0 Å². The van der Waals surface area contributed by atoms with E-state index in [-0.39, 0.29) is 25.2 Å². The van der Waals surface area contributed by atoms with Crippen LogP contribution in [0.2, 0.25) is 0 Å². The fourth-order valence-corrected chi connectivity index (χ4v) is 3.22. The van der Waals surface area contributed by atoms with Gasteiger partial charge in [0.1, 0.15) is 12.2 Å². The largest absolute Gasteiger partial charge is 0.461 e. The minimum atomic E-state index is -0.489. The highest BCUT2D eigenvalue weighted by Gasteiger charge is 2.14. The Morgan fingerprint density at radius 2 is 1.62 bits per heavy atom. The van der Waals surface area contributed by atoms with Crippen molar-refractivity contribution < 1.29 is 18.7 Å².